The van der Waals surface area contributed by atoms with E-state index in [1.54, 1.807) is 37.8 Å². The highest BCUT2D eigenvalue weighted by Crippen LogP contribution is 2.25. The highest BCUT2D eigenvalue weighted by molar-refractivity contribution is 6.04. The average Bonchev–Trinajstić information content (AvgIpc) is 3.01. The van der Waals surface area contributed by atoms with Crippen LogP contribution in [0.1, 0.15) is 69.3 Å². The third-order valence-corrected chi connectivity index (χ3v) is 4.88. The van der Waals surface area contributed by atoms with Crippen molar-refractivity contribution in [2.45, 2.75) is 71.9 Å². The molecule has 30 heavy (non-hydrogen) atoms. The molecule has 7 nitrogen and oxygen atoms in total. The minimum Gasteiger partial charge on any atom is -0.494 e. The first-order valence-corrected chi connectivity index (χ1v) is 10.7. The van der Waals surface area contributed by atoms with Gasteiger partial charge < -0.3 is 19.7 Å². The third kappa shape index (κ3) is 6.75. The summed E-state index contributed by atoms with van der Waals surface area (Å²) in [5.41, 5.74) is 0.846. The molecule has 1 aromatic rings. The summed E-state index contributed by atoms with van der Waals surface area (Å²) >= 11 is 0. The molecule has 0 radical (unpaired) electrons. The smallest absolute Gasteiger partial charge is 0.407 e. The average molecular weight is 419 g/mol. The van der Waals surface area contributed by atoms with Crippen LogP contribution in [0.3, 0.4) is 0 Å². The molecule has 7 heteroatoms. The molecule has 0 spiro atoms. The lowest BCUT2D eigenvalue weighted by atomic mass is 9.98. The molecule has 1 saturated heterocycles. The fraction of sp³-hybridized carbons (Fsp3) is 0.609. The van der Waals surface area contributed by atoms with E-state index < -0.39 is 17.7 Å². The molecule has 166 valence electrons. The van der Waals surface area contributed by atoms with Crippen molar-refractivity contribution in [3.8, 4) is 5.75 Å². The van der Waals surface area contributed by atoms with Gasteiger partial charge in [-0.05, 0) is 64.3 Å². The van der Waals surface area contributed by atoms with Crippen LogP contribution in [-0.4, -0.2) is 54.0 Å². The Hall–Kier alpha value is -2.57. The molecule has 1 fully saturated rings. The summed E-state index contributed by atoms with van der Waals surface area (Å²) in [4.78, 5) is 38.8. The number of aryl methyl sites for hydroxylation is 1. The lowest BCUT2D eigenvalue weighted by Crippen LogP contribution is -2.44. The lowest BCUT2D eigenvalue weighted by molar-refractivity contribution is -0.128. The molecule has 0 aromatic heterocycles. The molecule has 0 bridgehead atoms. The van der Waals surface area contributed by atoms with E-state index in [2.05, 4.69) is 12.2 Å². The second kappa shape index (κ2) is 10.5. The molecular weight excluding hydrogens is 384 g/mol. The molecule has 0 aliphatic carbocycles. The van der Waals surface area contributed by atoms with E-state index in [-0.39, 0.29) is 24.8 Å². The van der Waals surface area contributed by atoms with Crippen LogP contribution in [0.2, 0.25) is 0 Å². The van der Waals surface area contributed by atoms with Crippen molar-refractivity contribution in [1.29, 1.82) is 0 Å². The number of unbranched alkanes of at least 4 members (excludes halogenated alkanes) is 1. The van der Waals surface area contributed by atoms with Crippen LogP contribution < -0.4 is 10.1 Å². The zero-order chi connectivity index (χ0) is 22.3. The number of amides is 2. The molecule has 1 aliphatic heterocycles. The topological polar surface area (TPSA) is 84.9 Å². The zero-order valence-corrected chi connectivity index (χ0v) is 18.7. The van der Waals surface area contributed by atoms with Gasteiger partial charge in [0.15, 0.2) is 5.78 Å². The number of nitrogens with one attached hydrogen (secondary N) is 1. The van der Waals surface area contributed by atoms with Crippen molar-refractivity contribution in [3.63, 3.8) is 0 Å². The van der Waals surface area contributed by atoms with Crippen molar-refractivity contribution in [1.82, 2.24) is 10.2 Å². The fourth-order valence-electron chi connectivity index (χ4n) is 3.40. The van der Waals surface area contributed by atoms with Crippen molar-refractivity contribution < 1.29 is 23.9 Å². The van der Waals surface area contributed by atoms with E-state index in [0.717, 1.165) is 24.2 Å². The number of likely N-dealkylation sites (tertiary alicyclic amines) is 1. The van der Waals surface area contributed by atoms with Gasteiger partial charge in [0.1, 0.15) is 11.4 Å². The summed E-state index contributed by atoms with van der Waals surface area (Å²) < 4.78 is 10.9. The second-order valence-electron chi connectivity index (χ2n) is 8.61. The van der Waals surface area contributed by atoms with E-state index in [4.69, 9.17) is 9.47 Å². The number of alkyl carbamates (subject to hydrolysis) is 1. The Kier molecular flexibility index (Phi) is 8.26. The van der Waals surface area contributed by atoms with Crippen LogP contribution in [0.4, 0.5) is 4.79 Å². The molecule has 1 N–H and O–H groups in total. The predicted molar refractivity (Wildman–Crippen MR) is 115 cm³/mol. The van der Waals surface area contributed by atoms with Crippen molar-refractivity contribution in [2.24, 2.45) is 0 Å². The van der Waals surface area contributed by atoms with Crippen molar-refractivity contribution in [2.75, 3.05) is 19.7 Å². The number of rotatable bonds is 9. The van der Waals surface area contributed by atoms with Crippen LogP contribution in [-0.2, 0) is 9.53 Å². The normalized spacial score (nSPS) is 16.5. The fourth-order valence-corrected chi connectivity index (χ4v) is 3.40. The van der Waals surface area contributed by atoms with Gasteiger partial charge in [-0.1, -0.05) is 13.3 Å². The molecule has 1 aromatic carbocycles. The Morgan fingerprint density at radius 3 is 2.63 bits per heavy atom. The number of benzene rings is 1. The Balaban J connectivity index is 1.98. The molecule has 1 aliphatic rings. The summed E-state index contributed by atoms with van der Waals surface area (Å²) in [6.45, 7) is 10.5. The van der Waals surface area contributed by atoms with Crippen LogP contribution in [0.25, 0.3) is 0 Å². The Morgan fingerprint density at radius 2 is 2.00 bits per heavy atom. The summed E-state index contributed by atoms with van der Waals surface area (Å²) in [5.74, 6) is 0.602. The van der Waals surface area contributed by atoms with Gasteiger partial charge in [-0.25, -0.2) is 4.79 Å². The molecule has 2 rings (SSSR count). The third-order valence-electron chi connectivity index (χ3n) is 4.88. The van der Waals surface area contributed by atoms with Crippen LogP contribution in [0.5, 0.6) is 5.75 Å². The van der Waals surface area contributed by atoms with E-state index in [0.29, 0.717) is 25.0 Å². The quantitative estimate of drug-likeness (QED) is 0.486. The molecule has 1 atom stereocenters. The number of carbonyl (C=O) groups is 3. The molecule has 0 saturated carbocycles. The van der Waals surface area contributed by atoms with Crippen LogP contribution in [0, 0.1) is 6.92 Å². The number of hydrogen-bond donors (Lipinski definition) is 1. The first kappa shape index (κ1) is 23.7. The van der Waals surface area contributed by atoms with E-state index in [9.17, 15) is 14.4 Å². The summed E-state index contributed by atoms with van der Waals surface area (Å²) in [7, 11) is 0. The highest BCUT2D eigenvalue weighted by atomic mass is 16.6. The number of Topliss-reactive ketones (excluding diaryl/α,β-unsaturated/α-hetero) is 1. The largest absolute Gasteiger partial charge is 0.494 e. The maximum Gasteiger partial charge on any atom is 0.407 e. The SMILES string of the molecule is CCCCOc1ccc(C(=O)[C@@H]2CCC(=O)N2CCNC(=O)OC(C)(C)C)c(C)c1. The summed E-state index contributed by atoms with van der Waals surface area (Å²) in [6, 6.07) is 4.94. The van der Waals surface area contributed by atoms with Gasteiger partial charge in [0.25, 0.3) is 0 Å². The minimum atomic E-state index is -0.587. The van der Waals surface area contributed by atoms with Gasteiger partial charge >= 0.3 is 6.09 Å². The predicted octanol–water partition coefficient (Wildman–Crippen LogP) is 3.87. The van der Waals surface area contributed by atoms with Crippen molar-refractivity contribution in [3.05, 3.63) is 29.3 Å². The number of hydrogen-bond acceptors (Lipinski definition) is 5. The van der Waals surface area contributed by atoms with E-state index in [1.165, 1.54) is 0 Å². The minimum absolute atomic E-state index is 0.0727. The van der Waals surface area contributed by atoms with Crippen molar-refractivity contribution >= 4 is 17.8 Å². The van der Waals surface area contributed by atoms with Gasteiger partial charge in [0.2, 0.25) is 5.91 Å². The Labute approximate surface area is 179 Å². The lowest BCUT2D eigenvalue weighted by Gasteiger charge is -2.25. The van der Waals surface area contributed by atoms with Gasteiger partial charge in [0.05, 0.1) is 12.6 Å². The Morgan fingerprint density at radius 1 is 1.27 bits per heavy atom. The Bertz CT molecular complexity index is 769. The number of ether oxygens (including phenoxy) is 2. The van der Waals surface area contributed by atoms with Gasteiger partial charge in [-0.15, -0.1) is 0 Å². The van der Waals surface area contributed by atoms with Gasteiger partial charge in [0, 0.05) is 25.1 Å². The standard InChI is InChI=1S/C23H34N2O5/c1-6-7-14-29-17-8-9-18(16(2)15-17)21(27)19-10-11-20(26)25(19)13-12-24-22(28)30-23(3,4)5/h8-9,15,19H,6-7,10-14H2,1-5H3,(H,24,28)/t19-/m0/s1. The molecule has 1 heterocycles. The maximum absolute atomic E-state index is 13.1. The number of ketones is 1. The molecule has 0 unspecified atom stereocenters. The highest BCUT2D eigenvalue weighted by Gasteiger charge is 2.36. The van der Waals surface area contributed by atoms with Crippen LogP contribution >= 0.6 is 0 Å². The zero-order valence-electron chi connectivity index (χ0n) is 18.7. The van der Waals surface area contributed by atoms with E-state index in [1.807, 2.05) is 13.0 Å². The second-order valence-corrected chi connectivity index (χ2v) is 8.61. The molecular formula is C23H34N2O5. The van der Waals surface area contributed by atoms with Gasteiger partial charge in [-0.2, -0.15) is 0 Å². The van der Waals surface area contributed by atoms with Gasteiger partial charge in [-0.3, -0.25) is 9.59 Å². The first-order valence-electron chi connectivity index (χ1n) is 10.7. The summed E-state index contributed by atoms with van der Waals surface area (Å²) in [6.07, 6.45) is 2.32. The number of carbonyl (C=O) groups excluding carboxylic acids is 3. The maximum atomic E-state index is 13.1. The summed E-state index contributed by atoms with van der Waals surface area (Å²) in [5, 5.41) is 2.65. The first-order chi connectivity index (χ1) is 14.1. The van der Waals surface area contributed by atoms with Crippen LogP contribution in [0.15, 0.2) is 18.2 Å². The monoisotopic (exact) mass is 418 g/mol. The number of nitrogens with zero attached hydrogens (tertiary/aromatic N) is 1. The van der Waals surface area contributed by atoms with E-state index >= 15 is 0 Å². The molecule has 2 amide bonds.